The lowest BCUT2D eigenvalue weighted by Crippen LogP contribution is -2.16. The summed E-state index contributed by atoms with van der Waals surface area (Å²) in [4.78, 5) is 3.87. The van der Waals surface area contributed by atoms with Crippen LogP contribution in [0.15, 0.2) is 12.7 Å². The predicted molar refractivity (Wildman–Crippen MR) is 43.4 cm³/mol. The fourth-order valence-corrected chi connectivity index (χ4v) is 1.29. The minimum atomic E-state index is 0.104. The van der Waals surface area contributed by atoms with Crippen LogP contribution in [-0.2, 0) is 4.74 Å². The van der Waals surface area contributed by atoms with E-state index in [-0.39, 0.29) is 17.7 Å². The lowest BCUT2D eigenvalue weighted by atomic mass is 9.92. The minimum absolute atomic E-state index is 0.104. The Kier molecular flexibility index (Phi) is 1.48. The fourth-order valence-electron chi connectivity index (χ4n) is 1.29. The molecule has 0 saturated carbocycles. The molecule has 4 heteroatoms. The Morgan fingerprint density at radius 1 is 1.42 bits per heavy atom. The standard InChI is InChI=1S/C8H13N3O/c1-8(2,3)6-7(12-6)11-5-9-4-10-11/h4-7H,1-3H3. The van der Waals surface area contributed by atoms with Gasteiger partial charge < -0.3 is 4.74 Å². The Bertz CT molecular complexity index is 262. The van der Waals surface area contributed by atoms with Crippen LogP contribution in [0.4, 0.5) is 0 Å². The molecular weight excluding hydrogens is 154 g/mol. The number of rotatable bonds is 1. The van der Waals surface area contributed by atoms with Crippen LogP contribution in [0.3, 0.4) is 0 Å². The van der Waals surface area contributed by atoms with Gasteiger partial charge in [0.25, 0.3) is 0 Å². The summed E-state index contributed by atoms with van der Waals surface area (Å²) in [5, 5.41) is 4.02. The molecule has 2 atom stereocenters. The average Bonchev–Trinajstić information content (AvgIpc) is 2.60. The van der Waals surface area contributed by atoms with Crippen LogP contribution in [0, 0.1) is 5.41 Å². The van der Waals surface area contributed by atoms with Crippen molar-refractivity contribution in [1.82, 2.24) is 14.8 Å². The zero-order valence-electron chi connectivity index (χ0n) is 7.56. The lowest BCUT2D eigenvalue weighted by Gasteiger charge is -2.13. The molecule has 1 aromatic heterocycles. The van der Waals surface area contributed by atoms with Crippen molar-refractivity contribution in [3.05, 3.63) is 12.7 Å². The van der Waals surface area contributed by atoms with Crippen LogP contribution in [-0.4, -0.2) is 20.9 Å². The Morgan fingerprint density at radius 3 is 2.58 bits per heavy atom. The molecule has 2 heterocycles. The molecule has 0 spiro atoms. The number of hydrogen-bond donors (Lipinski definition) is 0. The van der Waals surface area contributed by atoms with Crippen molar-refractivity contribution in [3.8, 4) is 0 Å². The van der Waals surface area contributed by atoms with E-state index in [0.29, 0.717) is 0 Å². The van der Waals surface area contributed by atoms with Crippen molar-refractivity contribution in [2.75, 3.05) is 0 Å². The molecular formula is C8H13N3O. The van der Waals surface area contributed by atoms with Crippen LogP contribution in [0.5, 0.6) is 0 Å². The molecule has 1 fully saturated rings. The van der Waals surface area contributed by atoms with Gasteiger partial charge in [0.15, 0.2) is 6.23 Å². The van der Waals surface area contributed by atoms with Gasteiger partial charge in [-0.2, -0.15) is 5.10 Å². The molecule has 0 aliphatic carbocycles. The first-order valence-corrected chi connectivity index (χ1v) is 4.08. The van der Waals surface area contributed by atoms with Crippen molar-refractivity contribution in [2.45, 2.75) is 33.1 Å². The largest absolute Gasteiger partial charge is 0.345 e. The Morgan fingerprint density at radius 2 is 2.17 bits per heavy atom. The quantitative estimate of drug-likeness (QED) is 0.591. The van der Waals surface area contributed by atoms with E-state index in [4.69, 9.17) is 4.74 Å². The zero-order chi connectivity index (χ0) is 8.77. The molecule has 4 nitrogen and oxygen atoms in total. The highest BCUT2D eigenvalue weighted by molar-refractivity contribution is 4.90. The summed E-state index contributed by atoms with van der Waals surface area (Å²) in [5.74, 6) is 0. The molecule has 0 bridgehead atoms. The summed E-state index contributed by atoms with van der Waals surface area (Å²) in [6, 6.07) is 0. The first kappa shape index (κ1) is 7.73. The number of hydrogen-bond acceptors (Lipinski definition) is 3. The lowest BCUT2D eigenvalue weighted by molar-refractivity contribution is 0.252. The first-order chi connectivity index (χ1) is 5.59. The second-order valence-corrected chi connectivity index (χ2v) is 4.19. The fraction of sp³-hybridized carbons (Fsp3) is 0.750. The van der Waals surface area contributed by atoms with Crippen LogP contribution in [0.2, 0.25) is 0 Å². The average molecular weight is 167 g/mol. The summed E-state index contributed by atoms with van der Waals surface area (Å²) >= 11 is 0. The van der Waals surface area contributed by atoms with Crippen LogP contribution in [0.25, 0.3) is 0 Å². The molecule has 1 aromatic rings. The maximum absolute atomic E-state index is 5.49. The number of ether oxygens (including phenoxy) is 1. The third-order valence-corrected chi connectivity index (χ3v) is 2.02. The van der Waals surface area contributed by atoms with E-state index in [9.17, 15) is 0 Å². The van der Waals surface area contributed by atoms with Gasteiger partial charge in [0.05, 0.1) is 0 Å². The van der Waals surface area contributed by atoms with Gasteiger partial charge in [-0.1, -0.05) is 20.8 Å². The van der Waals surface area contributed by atoms with E-state index >= 15 is 0 Å². The third kappa shape index (κ3) is 1.22. The van der Waals surface area contributed by atoms with Gasteiger partial charge in [0, 0.05) is 0 Å². The van der Waals surface area contributed by atoms with Crippen LogP contribution >= 0.6 is 0 Å². The zero-order valence-corrected chi connectivity index (χ0v) is 7.56. The molecule has 12 heavy (non-hydrogen) atoms. The molecule has 0 N–H and O–H groups in total. The van der Waals surface area contributed by atoms with E-state index < -0.39 is 0 Å². The van der Waals surface area contributed by atoms with E-state index in [2.05, 4.69) is 30.9 Å². The predicted octanol–water partition coefficient (Wildman–Crippen LogP) is 1.22. The minimum Gasteiger partial charge on any atom is -0.345 e. The van der Waals surface area contributed by atoms with Gasteiger partial charge in [-0.3, -0.25) is 0 Å². The monoisotopic (exact) mass is 167 g/mol. The summed E-state index contributed by atoms with van der Waals surface area (Å²) in [7, 11) is 0. The van der Waals surface area contributed by atoms with Gasteiger partial charge in [-0.25, -0.2) is 9.67 Å². The first-order valence-electron chi connectivity index (χ1n) is 4.08. The van der Waals surface area contributed by atoms with E-state index in [1.54, 1.807) is 11.0 Å². The Hall–Kier alpha value is -0.900. The molecule has 2 rings (SSSR count). The van der Waals surface area contributed by atoms with Gasteiger partial charge >= 0.3 is 0 Å². The van der Waals surface area contributed by atoms with E-state index in [1.807, 2.05) is 0 Å². The van der Waals surface area contributed by atoms with Crippen molar-refractivity contribution in [1.29, 1.82) is 0 Å². The normalized spacial score (nSPS) is 28.9. The smallest absolute Gasteiger partial charge is 0.179 e. The maximum atomic E-state index is 5.49. The van der Waals surface area contributed by atoms with E-state index in [1.165, 1.54) is 6.33 Å². The maximum Gasteiger partial charge on any atom is 0.179 e. The summed E-state index contributed by atoms with van der Waals surface area (Å²) in [5.41, 5.74) is 0.191. The van der Waals surface area contributed by atoms with Gasteiger partial charge in [-0.15, -0.1) is 0 Å². The molecule has 1 aliphatic heterocycles. The number of aromatic nitrogens is 3. The highest BCUT2D eigenvalue weighted by atomic mass is 16.6. The number of nitrogens with zero attached hydrogens (tertiary/aromatic N) is 3. The summed E-state index contributed by atoms with van der Waals surface area (Å²) < 4.78 is 7.25. The van der Waals surface area contributed by atoms with Crippen molar-refractivity contribution >= 4 is 0 Å². The van der Waals surface area contributed by atoms with Crippen molar-refractivity contribution in [2.24, 2.45) is 5.41 Å². The van der Waals surface area contributed by atoms with Gasteiger partial charge in [0.1, 0.15) is 18.8 Å². The Balaban J connectivity index is 2.06. The van der Waals surface area contributed by atoms with Gasteiger partial charge in [0.2, 0.25) is 0 Å². The molecule has 0 amide bonds. The summed E-state index contributed by atoms with van der Waals surface area (Å²) in [6.45, 7) is 6.48. The molecule has 2 unspecified atom stereocenters. The second-order valence-electron chi connectivity index (χ2n) is 4.19. The molecule has 1 saturated heterocycles. The second kappa shape index (κ2) is 2.29. The molecule has 66 valence electrons. The van der Waals surface area contributed by atoms with Crippen LogP contribution in [0.1, 0.15) is 27.0 Å². The topological polar surface area (TPSA) is 43.2 Å². The van der Waals surface area contributed by atoms with E-state index in [0.717, 1.165) is 0 Å². The molecule has 0 aromatic carbocycles. The van der Waals surface area contributed by atoms with Crippen molar-refractivity contribution < 1.29 is 4.74 Å². The number of epoxide rings is 1. The highest BCUT2D eigenvalue weighted by Gasteiger charge is 2.49. The van der Waals surface area contributed by atoms with Gasteiger partial charge in [-0.05, 0) is 5.41 Å². The Labute approximate surface area is 71.6 Å². The molecule has 0 radical (unpaired) electrons. The summed E-state index contributed by atoms with van der Waals surface area (Å²) in [6.07, 6.45) is 3.60. The third-order valence-electron chi connectivity index (χ3n) is 2.02. The highest BCUT2D eigenvalue weighted by Crippen LogP contribution is 2.44. The van der Waals surface area contributed by atoms with Crippen LogP contribution < -0.4 is 0 Å². The SMILES string of the molecule is CC(C)(C)C1OC1n1cncn1. The van der Waals surface area contributed by atoms with Crippen molar-refractivity contribution in [3.63, 3.8) is 0 Å². The molecule has 1 aliphatic rings.